The highest BCUT2D eigenvalue weighted by atomic mass is 16.5. The van der Waals surface area contributed by atoms with Crippen LogP contribution in [0.2, 0.25) is 0 Å². The van der Waals surface area contributed by atoms with E-state index in [1.54, 1.807) is 31.2 Å². The predicted molar refractivity (Wildman–Crippen MR) is 116 cm³/mol. The van der Waals surface area contributed by atoms with E-state index < -0.39 is 0 Å². The molecule has 2 aromatic rings. The molecule has 1 N–H and O–H groups in total. The summed E-state index contributed by atoms with van der Waals surface area (Å²) in [6.07, 6.45) is 0. The minimum absolute atomic E-state index is 0.0558. The quantitative estimate of drug-likeness (QED) is 0.640. The summed E-state index contributed by atoms with van der Waals surface area (Å²) in [6.45, 7) is 7.53. The molecule has 2 aromatic carbocycles. The number of nitrogens with zero attached hydrogens (tertiary/aromatic N) is 2. The molecule has 0 aromatic heterocycles. The molecule has 0 spiro atoms. The second kappa shape index (κ2) is 11.3. The van der Waals surface area contributed by atoms with Crippen molar-refractivity contribution in [3.05, 3.63) is 60.2 Å². The summed E-state index contributed by atoms with van der Waals surface area (Å²) < 4.78 is 10.7. The van der Waals surface area contributed by atoms with E-state index in [4.69, 9.17) is 9.47 Å². The summed E-state index contributed by atoms with van der Waals surface area (Å²) in [5.41, 5.74) is 1.15. The Balaban J connectivity index is 1.34. The first kappa shape index (κ1) is 21.8. The van der Waals surface area contributed by atoms with Gasteiger partial charge < -0.3 is 14.8 Å². The number of nitrogens with one attached hydrogen (secondary N) is 1. The van der Waals surface area contributed by atoms with Gasteiger partial charge in [0.05, 0.1) is 18.7 Å². The summed E-state index contributed by atoms with van der Waals surface area (Å²) >= 11 is 0. The third-order valence-corrected chi connectivity index (χ3v) is 4.93. The standard InChI is InChI=1S/C23H29N3O4/c1-2-29-23(28)19-8-10-20(11-9-19)24-22(27)18-26-14-12-25(13-15-26)16-17-30-21-6-4-3-5-7-21/h3-11H,2,12-18H2,1H3,(H,24,27). The second-order valence-corrected chi connectivity index (χ2v) is 7.13. The van der Waals surface area contributed by atoms with Crippen LogP contribution < -0.4 is 10.1 Å². The number of anilines is 1. The first-order valence-corrected chi connectivity index (χ1v) is 10.3. The Bertz CT molecular complexity index is 803. The van der Waals surface area contributed by atoms with Crippen LogP contribution >= 0.6 is 0 Å². The number of hydrogen-bond acceptors (Lipinski definition) is 6. The number of amides is 1. The molecule has 7 nitrogen and oxygen atoms in total. The van der Waals surface area contributed by atoms with Gasteiger partial charge in [-0.15, -0.1) is 0 Å². The largest absolute Gasteiger partial charge is 0.492 e. The van der Waals surface area contributed by atoms with Crippen LogP contribution in [0.4, 0.5) is 5.69 Å². The van der Waals surface area contributed by atoms with Crippen molar-refractivity contribution < 1.29 is 19.1 Å². The third kappa shape index (κ3) is 6.86. The van der Waals surface area contributed by atoms with Crippen molar-refractivity contribution in [1.29, 1.82) is 0 Å². The van der Waals surface area contributed by atoms with Crippen LogP contribution in [0.5, 0.6) is 5.75 Å². The number of carbonyl (C=O) groups excluding carboxylic acids is 2. The predicted octanol–water partition coefficient (Wildman–Crippen LogP) is 2.50. The molecule has 1 aliphatic heterocycles. The minimum Gasteiger partial charge on any atom is -0.492 e. The minimum atomic E-state index is -0.359. The van der Waals surface area contributed by atoms with Crippen LogP contribution in [-0.2, 0) is 9.53 Å². The van der Waals surface area contributed by atoms with Gasteiger partial charge in [-0.3, -0.25) is 14.6 Å². The van der Waals surface area contributed by atoms with Crippen molar-refractivity contribution in [2.24, 2.45) is 0 Å². The fraction of sp³-hybridized carbons (Fsp3) is 0.391. The van der Waals surface area contributed by atoms with E-state index in [1.807, 2.05) is 30.3 Å². The fourth-order valence-electron chi connectivity index (χ4n) is 3.29. The van der Waals surface area contributed by atoms with Gasteiger partial charge in [0.15, 0.2) is 0 Å². The molecule has 0 saturated carbocycles. The zero-order valence-corrected chi connectivity index (χ0v) is 17.4. The lowest BCUT2D eigenvalue weighted by atomic mass is 10.2. The molecule has 30 heavy (non-hydrogen) atoms. The molecule has 1 fully saturated rings. The topological polar surface area (TPSA) is 71.1 Å². The summed E-state index contributed by atoms with van der Waals surface area (Å²) in [5.74, 6) is 0.477. The number of para-hydroxylation sites is 1. The average molecular weight is 412 g/mol. The van der Waals surface area contributed by atoms with Gasteiger partial charge in [-0.05, 0) is 43.3 Å². The number of piperazine rings is 1. The van der Waals surface area contributed by atoms with E-state index in [2.05, 4.69) is 15.1 Å². The summed E-state index contributed by atoms with van der Waals surface area (Å²) in [4.78, 5) is 28.5. The number of ether oxygens (including phenoxy) is 2. The van der Waals surface area contributed by atoms with Crippen molar-refractivity contribution in [3.8, 4) is 5.75 Å². The molecule has 0 bridgehead atoms. The number of hydrogen-bond donors (Lipinski definition) is 1. The van der Waals surface area contributed by atoms with Crippen LogP contribution in [0.1, 0.15) is 17.3 Å². The molecule has 160 valence electrons. The van der Waals surface area contributed by atoms with Crippen LogP contribution in [0, 0.1) is 0 Å². The molecule has 1 saturated heterocycles. The molecular formula is C23H29N3O4. The van der Waals surface area contributed by atoms with E-state index in [-0.39, 0.29) is 11.9 Å². The summed E-state index contributed by atoms with van der Waals surface area (Å²) in [5, 5.41) is 2.88. The molecule has 1 amide bonds. The van der Waals surface area contributed by atoms with Crippen molar-refractivity contribution in [2.45, 2.75) is 6.92 Å². The molecule has 0 atom stereocenters. The highest BCUT2D eigenvalue weighted by Crippen LogP contribution is 2.12. The molecule has 0 radical (unpaired) electrons. The van der Waals surface area contributed by atoms with Crippen molar-refractivity contribution >= 4 is 17.6 Å². The highest BCUT2D eigenvalue weighted by Gasteiger charge is 2.19. The van der Waals surface area contributed by atoms with Crippen LogP contribution in [-0.4, -0.2) is 74.2 Å². The average Bonchev–Trinajstić information content (AvgIpc) is 2.76. The van der Waals surface area contributed by atoms with Gasteiger partial charge in [0, 0.05) is 38.4 Å². The zero-order valence-electron chi connectivity index (χ0n) is 17.4. The van der Waals surface area contributed by atoms with Gasteiger partial charge in [0.25, 0.3) is 0 Å². The lowest BCUT2D eigenvalue weighted by Gasteiger charge is -2.34. The van der Waals surface area contributed by atoms with Gasteiger partial charge >= 0.3 is 5.97 Å². The fourth-order valence-corrected chi connectivity index (χ4v) is 3.29. The van der Waals surface area contributed by atoms with Gasteiger partial charge in [-0.25, -0.2) is 4.79 Å². The van der Waals surface area contributed by atoms with E-state index in [0.717, 1.165) is 38.5 Å². The van der Waals surface area contributed by atoms with E-state index in [0.29, 0.717) is 31.0 Å². The number of esters is 1. The molecule has 7 heteroatoms. The first-order chi connectivity index (χ1) is 14.6. The number of rotatable bonds is 9. The summed E-state index contributed by atoms with van der Waals surface area (Å²) in [7, 11) is 0. The normalized spacial score (nSPS) is 14.8. The van der Waals surface area contributed by atoms with Gasteiger partial charge in [-0.1, -0.05) is 18.2 Å². The van der Waals surface area contributed by atoms with Crippen LogP contribution in [0.3, 0.4) is 0 Å². The van der Waals surface area contributed by atoms with Crippen LogP contribution in [0.15, 0.2) is 54.6 Å². The number of carbonyl (C=O) groups is 2. The number of benzene rings is 2. The smallest absolute Gasteiger partial charge is 0.338 e. The van der Waals surface area contributed by atoms with Crippen molar-refractivity contribution in [2.75, 3.05) is 57.8 Å². The monoisotopic (exact) mass is 411 g/mol. The Morgan fingerprint density at radius 3 is 2.27 bits per heavy atom. The lowest BCUT2D eigenvalue weighted by Crippen LogP contribution is -2.49. The Hall–Kier alpha value is -2.90. The Labute approximate surface area is 177 Å². The van der Waals surface area contributed by atoms with Crippen LogP contribution in [0.25, 0.3) is 0 Å². The maximum Gasteiger partial charge on any atom is 0.338 e. The van der Waals surface area contributed by atoms with Gasteiger partial charge in [0.1, 0.15) is 12.4 Å². The zero-order chi connectivity index (χ0) is 21.2. The Morgan fingerprint density at radius 2 is 1.60 bits per heavy atom. The molecular weight excluding hydrogens is 382 g/mol. The van der Waals surface area contributed by atoms with Crippen molar-refractivity contribution in [1.82, 2.24) is 9.80 Å². The van der Waals surface area contributed by atoms with Gasteiger partial charge in [-0.2, -0.15) is 0 Å². The first-order valence-electron chi connectivity index (χ1n) is 10.3. The SMILES string of the molecule is CCOC(=O)c1ccc(NC(=O)CN2CCN(CCOc3ccccc3)CC2)cc1. The third-order valence-electron chi connectivity index (χ3n) is 4.93. The van der Waals surface area contributed by atoms with Crippen molar-refractivity contribution in [3.63, 3.8) is 0 Å². The molecule has 1 heterocycles. The summed E-state index contributed by atoms with van der Waals surface area (Å²) in [6, 6.07) is 16.6. The highest BCUT2D eigenvalue weighted by molar-refractivity contribution is 5.94. The van der Waals surface area contributed by atoms with Gasteiger partial charge in [0.2, 0.25) is 5.91 Å². The molecule has 0 aliphatic carbocycles. The van der Waals surface area contributed by atoms with E-state index in [9.17, 15) is 9.59 Å². The second-order valence-electron chi connectivity index (χ2n) is 7.13. The molecule has 3 rings (SSSR count). The van der Waals surface area contributed by atoms with E-state index in [1.165, 1.54) is 0 Å². The Kier molecular flexibility index (Phi) is 8.23. The maximum absolute atomic E-state index is 12.3. The Morgan fingerprint density at radius 1 is 0.933 bits per heavy atom. The molecule has 0 unspecified atom stereocenters. The molecule has 1 aliphatic rings. The van der Waals surface area contributed by atoms with E-state index >= 15 is 0 Å². The lowest BCUT2D eigenvalue weighted by molar-refractivity contribution is -0.117. The maximum atomic E-state index is 12.3.